The summed E-state index contributed by atoms with van der Waals surface area (Å²) in [5.74, 6) is -0.386. The summed E-state index contributed by atoms with van der Waals surface area (Å²) in [5.41, 5.74) is 1.30. The molecule has 1 aliphatic rings. The minimum Gasteiger partial charge on any atom is -0.374 e. The van der Waals surface area contributed by atoms with Crippen molar-refractivity contribution < 1.29 is 13.9 Å². The van der Waals surface area contributed by atoms with Crippen LogP contribution in [0.15, 0.2) is 18.2 Å². The second-order valence-corrected chi connectivity index (χ2v) is 5.25. The van der Waals surface area contributed by atoms with Crippen LogP contribution < -0.4 is 0 Å². The minimum atomic E-state index is -0.365. The van der Waals surface area contributed by atoms with Crippen LogP contribution in [0.4, 0.5) is 4.39 Å². The molecule has 2 nitrogen and oxygen atoms in total. The fourth-order valence-electron chi connectivity index (χ4n) is 2.76. The molecule has 1 aliphatic heterocycles. The van der Waals surface area contributed by atoms with Gasteiger partial charge in [-0.2, -0.15) is 0 Å². The zero-order valence-electron chi connectivity index (χ0n) is 11.2. The lowest BCUT2D eigenvalue weighted by atomic mass is 9.82. The van der Waals surface area contributed by atoms with E-state index in [4.69, 9.17) is 4.74 Å². The van der Waals surface area contributed by atoms with Crippen molar-refractivity contribution in [2.24, 2.45) is 11.8 Å². The highest BCUT2D eigenvalue weighted by Crippen LogP contribution is 2.35. The highest BCUT2D eigenvalue weighted by atomic mass is 19.1. The number of hydrogen-bond donors (Lipinski definition) is 0. The fourth-order valence-corrected chi connectivity index (χ4v) is 2.76. The van der Waals surface area contributed by atoms with Crippen LogP contribution in [-0.2, 0) is 4.74 Å². The number of ether oxygens (including phenoxy) is 1. The van der Waals surface area contributed by atoms with Gasteiger partial charge in [-0.25, -0.2) is 4.39 Å². The molecule has 0 N–H and O–H groups in total. The third kappa shape index (κ3) is 2.19. The zero-order valence-corrected chi connectivity index (χ0v) is 11.2. The molecule has 18 heavy (non-hydrogen) atoms. The van der Waals surface area contributed by atoms with Crippen LogP contribution in [0.5, 0.6) is 0 Å². The Bertz CT molecular complexity index is 470. The van der Waals surface area contributed by atoms with Crippen molar-refractivity contribution in [3.63, 3.8) is 0 Å². The number of hydrogen-bond acceptors (Lipinski definition) is 2. The van der Waals surface area contributed by atoms with E-state index in [0.717, 1.165) is 5.56 Å². The fraction of sp³-hybridized carbons (Fsp3) is 0.533. The van der Waals surface area contributed by atoms with Crippen molar-refractivity contribution in [3.8, 4) is 0 Å². The lowest BCUT2D eigenvalue weighted by molar-refractivity contribution is 0.0491. The van der Waals surface area contributed by atoms with Crippen LogP contribution in [-0.4, -0.2) is 18.0 Å². The second kappa shape index (κ2) is 4.81. The highest BCUT2D eigenvalue weighted by Gasteiger charge is 2.42. The lowest BCUT2D eigenvalue weighted by Crippen LogP contribution is -2.27. The van der Waals surface area contributed by atoms with Gasteiger partial charge in [0, 0.05) is 5.56 Å². The smallest absolute Gasteiger partial charge is 0.169 e. The molecule has 98 valence electrons. The van der Waals surface area contributed by atoms with Gasteiger partial charge in [0.2, 0.25) is 0 Å². The molecular formula is C15H19FO2. The Morgan fingerprint density at radius 3 is 2.44 bits per heavy atom. The Hall–Kier alpha value is -1.22. The topological polar surface area (TPSA) is 26.3 Å². The van der Waals surface area contributed by atoms with Gasteiger partial charge in [0.1, 0.15) is 5.82 Å². The molecule has 1 fully saturated rings. The van der Waals surface area contributed by atoms with E-state index in [-0.39, 0.29) is 35.6 Å². The van der Waals surface area contributed by atoms with Crippen molar-refractivity contribution in [2.45, 2.75) is 39.9 Å². The summed E-state index contributed by atoms with van der Waals surface area (Å²) in [4.78, 5) is 12.5. The van der Waals surface area contributed by atoms with E-state index in [2.05, 4.69) is 0 Å². The number of carbonyl (C=O) groups is 1. The van der Waals surface area contributed by atoms with Gasteiger partial charge in [-0.3, -0.25) is 4.79 Å². The van der Waals surface area contributed by atoms with Crippen molar-refractivity contribution in [1.82, 2.24) is 0 Å². The molecule has 0 amide bonds. The Morgan fingerprint density at radius 1 is 1.22 bits per heavy atom. The average Bonchev–Trinajstić information content (AvgIpc) is 2.56. The number of halogens is 1. The van der Waals surface area contributed by atoms with E-state index in [1.165, 1.54) is 12.1 Å². The van der Waals surface area contributed by atoms with Crippen LogP contribution in [0, 0.1) is 24.6 Å². The van der Waals surface area contributed by atoms with E-state index in [9.17, 15) is 9.18 Å². The Morgan fingerprint density at radius 2 is 1.89 bits per heavy atom. The van der Waals surface area contributed by atoms with E-state index in [0.29, 0.717) is 5.56 Å². The van der Waals surface area contributed by atoms with E-state index in [1.54, 1.807) is 6.07 Å². The summed E-state index contributed by atoms with van der Waals surface area (Å²) in [5, 5.41) is 0. The molecule has 3 heteroatoms. The first-order valence-electron chi connectivity index (χ1n) is 6.37. The van der Waals surface area contributed by atoms with Crippen molar-refractivity contribution in [3.05, 3.63) is 35.1 Å². The maximum Gasteiger partial charge on any atom is 0.169 e. The minimum absolute atomic E-state index is 0.00338. The van der Waals surface area contributed by atoms with Crippen molar-refractivity contribution in [2.75, 3.05) is 0 Å². The molecule has 0 bridgehead atoms. The molecule has 2 rings (SSSR count). The number of benzene rings is 1. The van der Waals surface area contributed by atoms with Crippen LogP contribution in [0.25, 0.3) is 0 Å². The van der Waals surface area contributed by atoms with Crippen molar-refractivity contribution >= 4 is 5.78 Å². The van der Waals surface area contributed by atoms with Gasteiger partial charge in [-0.15, -0.1) is 0 Å². The molecule has 4 atom stereocenters. The van der Waals surface area contributed by atoms with E-state index >= 15 is 0 Å². The summed E-state index contributed by atoms with van der Waals surface area (Å²) in [6.45, 7) is 7.75. The van der Waals surface area contributed by atoms with Crippen LogP contribution in [0.2, 0.25) is 0 Å². The maximum absolute atomic E-state index is 13.3. The molecule has 0 spiro atoms. The molecule has 0 radical (unpaired) electrons. The lowest BCUT2D eigenvalue weighted by Gasteiger charge is -2.18. The Balaban J connectivity index is 2.34. The van der Waals surface area contributed by atoms with Gasteiger partial charge in [0.05, 0.1) is 18.1 Å². The molecule has 1 heterocycles. The monoisotopic (exact) mass is 250 g/mol. The quantitative estimate of drug-likeness (QED) is 0.752. The number of carbonyl (C=O) groups excluding carboxylic acids is 1. The van der Waals surface area contributed by atoms with Gasteiger partial charge >= 0.3 is 0 Å². The number of ketones is 1. The summed E-state index contributed by atoms with van der Waals surface area (Å²) >= 11 is 0. The first-order valence-corrected chi connectivity index (χ1v) is 6.37. The zero-order chi connectivity index (χ0) is 13.4. The van der Waals surface area contributed by atoms with Gasteiger partial charge in [0.25, 0.3) is 0 Å². The highest BCUT2D eigenvalue weighted by molar-refractivity contribution is 5.99. The SMILES string of the molecule is Cc1ccc(F)cc1C(=O)C1C(C)OC(C)C1C. The molecule has 0 aliphatic carbocycles. The van der Waals surface area contributed by atoms with Crippen LogP contribution in [0.3, 0.4) is 0 Å². The molecule has 1 aromatic rings. The van der Waals surface area contributed by atoms with Gasteiger partial charge < -0.3 is 4.74 Å². The predicted octanol–water partition coefficient (Wildman–Crippen LogP) is 3.38. The second-order valence-electron chi connectivity index (χ2n) is 5.25. The largest absolute Gasteiger partial charge is 0.374 e. The molecular weight excluding hydrogens is 231 g/mol. The Labute approximate surface area is 107 Å². The summed E-state index contributed by atoms with van der Waals surface area (Å²) < 4.78 is 19.0. The molecule has 4 unspecified atom stereocenters. The summed E-state index contributed by atoms with van der Waals surface area (Å²) in [7, 11) is 0. The average molecular weight is 250 g/mol. The third-order valence-electron chi connectivity index (χ3n) is 4.01. The van der Waals surface area contributed by atoms with Gasteiger partial charge in [-0.1, -0.05) is 13.0 Å². The van der Waals surface area contributed by atoms with Gasteiger partial charge in [-0.05, 0) is 44.4 Å². The van der Waals surface area contributed by atoms with Crippen LogP contribution in [0.1, 0.15) is 36.7 Å². The standard InChI is InChI=1S/C15H19FO2/c1-8-5-6-12(16)7-13(8)15(17)14-9(2)10(3)18-11(14)4/h5-7,9-11,14H,1-4H3. The normalized spacial score (nSPS) is 31.6. The first kappa shape index (κ1) is 13.2. The molecule has 0 aromatic heterocycles. The molecule has 0 saturated carbocycles. The summed E-state index contributed by atoms with van der Waals surface area (Å²) in [6, 6.07) is 4.37. The number of aryl methyl sites for hydroxylation is 1. The number of rotatable bonds is 2. The van der Waals surface area contributed by atoms with Crippen LogP contribution >= 0.6 is 0 Å². The Kier molecular flexibility index (Phi) is 3.53. The van der Waals surface area contributed by atoms with E-state index < -0.39 is 0 Å². The predicted molar refractivity (Wildman–Crippen MR) is 68.1 cm³/mol. The first-order chi connectivity index (χ1) is 8.41. The van der Waals surface area contributed by atoms with Crippen molar-refractivity contribution in [1.29, 1.82) is 0 Å². The maximum atomic E-state index is 13.3. The molecule has 1 saturated heterocycles. The van der Waals surface area contributed by atoms with Gasteiger partial charge in [0.15, 0.2) is 5.78 Å². The van der Waals surface area contributed by atoms with E-state index in [1.807, 2.05) is 27.7 Å². The third-order valence-corrected chi connectivity index (χ3v) is 4.01. The summed E-state index contributed by atoms with van der Waals surface area (Å²) in [6.07, 6.45) is -0.0343. The number of Topliss-reactive ketones (excluding diaryl/α,β-unsaturated/α-hetero) is 1. The molecule has 1 aromatic carbocycles.